The number of amides is 1. The number of carbonyl (C=O) groups is 1. The van der Waals surface area contributed by atoms with Gasteiger partial charge in [-0.3, -0.25) is 15.6 Å². The second-order valence-electron chi connectivity index (χ2n) is 7.19. The van der Waals surface area contributed by atoms with Gasteiger partial charge >= 0.3 is 0 Å². The zero-order chi connectivity index (χ0) is 20.8. The van der Waals surface area contributed by atoms with Gasteiger partial charge in [-0.15, -0.1) is 16.9 Å². The van der Waals surface area contributed by atoms with Gasteiger partial charge in [-0.1, -0.05) is 6.07 Å². The van der Waals surface area contributed by atoms with Gasteiger partial charge in [-0.2, -0.15) is 0 Å². The van der Waals surface area contributed by atoms with Crippen LogP contribution >= 0.6 is 11.3 Å². The van der Waals surface area contributed by atoms with Crippen LogP contribution in [0, 0.1) is 18.6 Å². The van der Waals surface area contributed by atoms with Crippen LogP contribution in [0.2, 0.25) is 0 Å². The molecule has 0 unspecified atom stereocenters. The van der Waals surface area contributed by atoms with Crippen LogP contribution in [0.15, 0.2) is 24.3 Å². The fourth-order valence-corrected chi connectivity index (χ4v) is 4.76. The molecule has 156 valence electrons. The highest BCUT2D eigenvalue weighted by Gasteiger charge is 2.25. The summed E-state index contributed by atoms with van der Waals surface area (Å²) in [5, 5.41) is 0.834. The summed E-state index contributed by atoms with van der Waals surface area (Å²) in [6.07, 6.45) is 1.46. The summed E-state index contributed by atoms with van der Waals surface area (Å²) < 4.78 is 29.3. The molecular weight excluding hydrogens is 410 g/mol. The number of hydrogen-bond acceptors (Lipinski definition) is 7. The lowest BCUT2D eigenvalue weighted by Gasteiger charge is -2.12. The molecular formula is C20H20F2N6OS. The van der Waals surface area contributed by atoms with Crippen LogP contribution in [-0.4, -0.2) is 27.3 Å². The largest absolute Gasteiger partial charge is 0.336 e. The van der Waals surface area contributed by atoms with Crippen molar-refractivity contribution in [3.63, 3.8) is 0 Å². The highest BCUT2D eigenvalue weighted by molar-refractivity contribution is 7.15. The third-order valence-corrected chi connectivity index (χ3v) is 6.35. The zero-order valence-electron chi connectivity index (χ0n) is 16.1. The quantitative estimate of drug-likeness (QED) is 0.579. The maximum Gasteiger partial charge on any atom is 0.223 e. The van der Waals surface area contributed by atoms with Crippen LogP contribution in [0.4, 0.5) is 20.2 Å². The number of thiazole rings is 1. The number of nitrogens with one attached hydrogen (secondary N) is 3. The van der Waals surface area contributed by atoms with Crippen molar-refractivity contribution in [1.82, 2.24) is 20.4 Å². The Morgan fingerprint density at radius 1 is 1.20 bits per heavy atom. The van der Waals surface area contributed by atoms with Gasteiger partial charge in [-0.05, 0) is 31.5 Å². The van der Waals surface area contributed by atoms with Gasteiger partial charge in [0, 0.05) is 20.0 Å². The SMILES string of the molecule is Cc1nc(CN2CCCC2=O)sc1-c1cccc(-c2cc(F)c3c(c2F)NNN3)n1.[HH]. The number of aromatic nitrogens is 2. The lowest BCUT2D eigenvalue weighted by Crippen LogP contribution is -2.23. The molecule has 3 N–H and O–H groups in total. The number of hydrazine groups is 2. The molecule has 3 aromatic rings. The van der Waals surface area contributed by atoms with E-state index in [-0.39, 0.29) is 24.3 Å². The molecule has 2 aliphatic rings. The number of anilines is 2. The van der Waals surface area contributed by atoms with E-state index in [4.69, 9.17) is 0 Å². The molecule has 1 saturated heterocycles. The normalized spacial score (nSPS) is 15.3. The Morgan fingerprint density at radius 2 is 2.00 bits per heavy atom. The second-order valence-corrected chi connectivity index (χ2v) is 8.28. The van der Waals surface area contributed by atoms with E-state index in [9.17, 15) is 13.6 Å². The minimum absolute atomic E-state index is 0. The lowest BCUT2D eigenvalue weighted by molar-refractivity contribution is -0.128. The third kappa shape index (κ3) is 3.17. The highest BCUT2D eigenvalue weighted by atomic mass is 32.1. The summed E-state index contributed by atoms with van der Waals surface area (Å²) in [4.78, 5) is 23.7. The average Bonchev–Trinajstić information content (AvgIpc) is 3.46. The Hall–Kier alpha value is -3.11. The van der Waals surface area contributed by atoms with Crippen molar-refractivity contribution in [1.29, 1.82) is 0 Å². The van der Waals surface area contributed by atoms with Crippen LogP contribution in [0.3, 0.4) is 0 Å². The Kier molecular flexibility index (Phi) is 4.59. The van der Waals surface area contributed by atoms with Gasteiger partial charge in [0.1, 0.15) is 16.4 Å². The molecule has 2 aromatic heterocycles. The Labute approximate surface area is 176 Å². The summed E-state index contributed by atoms with van der Waals surface area (Å²) in [5.74, 6) is -1.03. The fraction of sp³-hybridized carbons (Fsp3) is 0.250. The van der Waals surface area contributed by atoms with E-state index in [1.54, 1.807) is 12.1 Å². The first-order valence-corrected chi connectivity index (χ1v) is 10.3. The average molecular weight is 430 g/mol. The number of aryl methyl sites for hydroxylation is 1. The zero-order valence-corrected chi connectivity index (χ0v) is 16.9. The number of benzene rings is 1. The summed E-state index contributed by atoms with van der Waals surface area (Å²) in [5.41, 5.74) is 9.47. The van der Waals surface area contributed by atoms with Gasteiger partial charge in [-0.25, -0.2) is 18.7 Å². The first kappa shape index (κ1) is 18.9. The van der Waals surface area contributed by atoms with E-state index in [1.165, 1.54) is 11.3 Å². The molecule has 1 amide bonds. The van der Waals surface area contributed by atoms with Gasteiger partial charge in [0.05, 0.1) is 28.5 Å². The summed E-state index contributed by atoms with van der Waals surface area (Å²) in [7, 11) is 0. The number of hydrogen-bond donors (Lipinski definition) is 3. The molecule has 0 bridgehead atoms. The first-order valence-electron chi connectivity index (χ1n) is 9.52. The topological polar surface area (TPSA) is 82.2 Å². The number of fused-ring (bicyclic) bond motifs is 1. The third-order valence-electron chi connectivity index (χ3n) is 5.19. The number of carbonyl (C=O) groups excluding carboxylic acids is 1. The van der Waals surface area contributed by atoms with Crippen molar-refractivity contribution in [2.24, 2.45) is 0 Å². The summed E-state index contributed by atoms with van der Waals surface area (Å²) >= 11 is 1.47. The van der Waals surface area contributed by atoms with E-state index >= 15 is 0 Å². The van der Waals surface area contributed by atoms with Gasteiger partial charge < -0.3 is 4.90 Å². The molecule has 0 radical (unpaired) electrons. The van der Waals surface area contributed by atoms with Crippen LogP contribution in [0.25, 0.3) is 21.8 Å². The van der Waals surface area contributed by atoms with Gasteiger partial charge in [0.15, 0.2) is 11.6 Å². The van der Waals surface area contributed by atoms with Crippen molar-refractivity contribution < 1.29 is 15.0 Å². The Bertz CT molecular complexity index is 1170. The van der Waals surface area contributed by atoms with E-state index in [0.29, 0.717) is 24.4 Å². The van der Waals surface area contributed by atoms with E-state index in [2.05, 4.69) is 26.4 Å². The van der Waals surface area contributed by atoms with Crippen molar-refractivity contribution in [2.75, 3.05) is 17.4 Å². The number of halogens is 2. The van der Waals surface area contributed by atoms with E-state index in [1.807, 2.05) is 17.9 Å². The number of rotatable bonds is 4. The Morgan fingerprint density at radius 3 is 2.80 bits per heavy atom. The number of nitrogens with zero attached hydrogens (tertiary/aromatic N) is 3. The van der Waals surface area contributed by atoms with Crippen molar-refractivity contribution >= 4 is 28.6 Å². The first-order chi connectivity index (χ1) is 14.5. The molecule has 10 heteroatoms. The van der Waals surface area contributed by atoms with E-state index in [0.717, 1.165) is 34.6 Å². The van der Waals surface area contributed by atoms with Crippen LogP contribution < -0.4 is 16.4 Å². The lowest BCUT2D eigenvalue weighted by atomic mass is 10.1. The molecule has 5 rings (SSSR count). The van der Waals surface area contributed by atoms with Crippen LogP contribution in [-0.2, 0) is 11.3 Å². The summed E-state index contributed by atoms with van der Waals surface area (Å²) in [6.45, 7) is 3.12. The molecule has 2 aliphatic heterocycles. The van der Waals surface area contributed by atoms with Crippen molar-refractivity contribution in [3.05, 3.63) is 46.6 Å². The predicted octanol–water partition coefficient (Wildman–Crippen LogP) is 4.08. The molecule has 7 nitrogen and oxygen atoms in total. The predicted molar refractivity (Wildman–Crippen MR) is 113 cm³/mol. The number of likely N-dealkylation sites (tertiary alicyclic amines) is 1. The Balaban J connectivity index is 0.00000231. The van der Waals surface area contributed by atoms with E-state index < -0.39 is 11.6 Å². The second kappa shape index (κ2) is 7.29. The molecule has 0 spiro atoms. The molecule has 1 aromatic carbocycles. The maximum atomic E-state index is 14.9. The van der Waals surface area contributed by atoms with Crippen molar-refractivity contribution in [3.8, 4) is 21.8 Å². The molecule has 4 heterocycles. The van der Waals surface area contributed by atoms with Crippen molar-refractivity contribution in [2.45, 2.75) is 26.3 Å². The minimum Gasteiger partial charge on any atom is -0.336 e. The highest BCUT2D eigenvalue weighted by Crippen LogP contribution is 2.38. The van der Waals surface area contributed by atoms with Crippen LogP contribution in [0.5, 0.6) is 0 Å². The molecule has 1 fully saturated rings. The van der Waals surface area contributed by atoms with Crippen LogP contribution in [0.1, 0.15) is 25.0 Å². The standard InChI is InChI=1S/C20H18F2N6OS.H2/c1-10-20(30-15(23-10)9-28-7-3-6-16(28)29)14-5-2-4-13(24-14)11-8-12(21)18-19(17(11)22)26-27-25-18;/h2,4-5,8,25-27H,3,6-7,9H2,1H3;1H. The fourth-order valence-electron chi connectivity index (χ4n) is 3.71. The van der Waals surface area contributed by atoms with Gasteiger partial charge in [0.25, 0.3) is 0 Å². The minimum atomic E-state index is -0.595. The smallest absolute Gasteiger partial charge is 0.223 e. The maximum absolute atomic E-state index is 14.9. The summed E-state index contributed by atoms with van der Waals surface area (Å²) in [6, 6.07) is 6.35. The molecule has 0 aliphatic carbocycles. The number of pyridine rings is 1. The molecule has 0 saturated carbocycles. The monoisotopic (exact) mass is 430 g/mol. The molecule has 0 atom stereocenters. The molecule has 30 heavy (non-hydrogen) atoms. The van der Waals surface area contributed by atoms with Gasteiger partial charge in [0.2, 0.25) is 5.91 Å².